The molecule has 0 unspecified atom stereocenters. The van der Waals surface area contributed by atoms with Crippen LogP contribution in [0.2, 0.25) is 0 Å². The standard InChI is InChI=1S/C17H14F2N4OS/c18-12-2-1-11(7-13(12)19)9-22-5-6-23(10-16(22)24)17-21-14-8-20-4-3-15(14)25-17/h1-4,7-8H,5-6,9-10H2. The van der Waals surface area contributed by atoms with Crippen molar-refractivity contribution < 1.29 is 13.6 Å². The summed E-state index contributed by atoms with van der Waals surface area (Å²) < 4.78 is 27.4. The number of carbonyl (C=O) groups excluding carboxylic acids is 1. The van der Waals surface area contributed by atoms with Gasteiger partial charge in [-0.25, -0.2) is 13.8 Å². The van der Waals surface area contributed by atoms with Crippen LogP contribution in [-0.2, 0) is 11.3 Å². The first-order valence-electron chi connectivity index (χ1n) is 7.77. The monoisotopic (exact) mass is 360 g/mol. The maximum atomic E-state index is 13.3. The van der Waals surface area contributed by atoms with Crippen molar-refractivity contribution >= 4 is 32.6 Å². The molecule has 1 fully saturated rings. The summed E-state index contributed by atoms with van der Waals surface area (Å²) in [5, 5.41) is 0.795. The summed E-state index contributed by atoms with van der Waals surface area (Å²) in [6, 6.07) is 5.62. The van der Waals surface area contributed by atoms with E-state index >= 15 is 0 Å². The van der Waals surface area contributed by atoms with E-state index in [9.17, 15) is 13.6 Å². The van der Waals surface area contributed by atoms with Gasteiger partial charge in [-0.05, 0) is 23.8 Å². The molecule has 1 aliphatic heterocycles. The number of carbonyl (C=O) groups is 1. The third-order valence-electron chi connectivity index (χ3n) is 4.13. The molecular weight excluding hydrogens is 346 g/mol. The molecule has 4 rings (SSSR count). The molecule has 0 atom stereocenters. The van der Waals surface area contributed by atoms with Crippen molar-refractivity contribution in [2.75, 3.05) is 24.5 Å². The molecule has 0 spiro atoms. The molecule has 0 aliphatic carbocycles. The van der Waals surface area contributed by atoms with Crippen molar-refractivity contribution in [1.82, 2.24) is 14.9 Å². The predicted octanol–water partition coefficient (Wildman–Crippen LogP) is 2.82. The third-order valence-corrected chi connectivity index (χ3v) is 5.22. The highest BCUT2D eigenvalue weighted by Crippen LogP contribution is 2.29. The number of fused-ring (bicyclic) bond motifs is 1. The molecule has 25 heavy (non-hydrogen) atoms. The number of hydrogen-bond donors (Lipinski definition) is 0. The van der Waals surface area contributed by atoms with Crippen LogP contribution in [0.3, 0.4) is 0 Å². The number of aromatic nitrogens is 2. The fraction of sp³-hybridized carbons (Fsp3) is 0.235. The number of halogens is 2. The van der Waals surface area contributed by atoms with Crippen LogP contribution in [0.4, 0.5) is 13.9 Å². The number of anilines is 1. The first-order valence-corrected chi connectivity index (χ1v) is 8.59. The zero-order valence-electron chi connectivity index (χ0n) is 13.2. The van der Waals surface area contributed by atoms with Crippen LogP contribution in [0.1, 0.15) is 5.56 Å². The van der Waals surface area contributed by atoms with Gasteiger partial charge in [0, 0.05) is 25.8 Å². The second-order valence-electron chi connectivity index (χ2n) is 5.83. The fourth-order valence-electron chi connectivity index (χ4n) is 2.80. The van der Waals surface area contributed by atoms with Gasteiger partial charge in [-0.1, -0.05) is 17.4 Å². The maximum Gasteiger partial charge on any atom is 0.242 e. The second kappa shape index (κ2) is 6.36. The molecule has 0 radical (unpaired) electrons. The Bertz CT molecular complexity index is 912. The minimum Gasteiger partial charge on any atom is -0.337 e. The molecular formula is C17H14F2N4OS. The van der Waals surface area contributed by atoms with Crippen LogP contribution in [0.15, 0.2) is 36.7 Å². The summed E-state index contributed by atoms with van der Waals surface area (Å²) in [5.74, 6) is -1.84. The number of hydrogen-bond acceptors (Lipinski definition) is 5. The van der Waals surface area contributed by atoms with E-state index in [4.69, 9.17) is 0 Å². The molecule has 0 bridgehead atoms. The van der Waals surface area contributed by atoms with Gasteiger partial charge in [0.1, 0.15) is 5.52 Å². The highest BCUT2D eigenvalue weighted by Gasteiger charge is 2.26. The highest BCUT2D eigenvalue weighted by molar-refractivity contribution is 7.22. The lowest BCUT2D eigenvalue weighted by atomic mass is 10.2. The van der Waals surface area contributed by atoms with Crippen molar-refractivity contribution in [3.05, 3.63) is 53.9 Å². The molecule has 128 valence electrons. The van der Waals surface area contributed by atoms with E-state index < -0.39 is 11.6 Å². The Morgan fingerprint density at radius 3 is 2.80 bits per heavy atom. The first-order chi connectivity index (χ1) is 12.1. The molecule has 5 nitrogen and oxygen atoms in total. The molecule has 2 aromatic heterocycles. The van der Waals surface area contributed by atoms with E-state index in [1.807, 2.05) is 11.0 Å². The molecule has 1 saturated heterocycles. The molecule has 3 heterocycles. The van der Waals surface area contributed by atoms with Gasteiger partial charge in [-0.15, -0.1) is 0 Å². The largest absolute Gasteiger partial charge is 0.337 e. The van der Waals surface area contributed by atoms with Gasteiger partial charge in [0.05, 0.1) is 17.4 Å². The lowest BCUT2D eigenvalue weighted by Crippen LogP contribution is -2.50. The minimum atomic E-state index is -0.897. The van der Waals surface area contributed by atoms with Crippen molar-refractivity contribution in [2.45, 2.75) is 6.54 Å². The lowest BCUT2D eigenvalue weighted by Gasteiger charge is -2.34. The summed E-state index contributed by atoms with van der Waals surface area (Å²) in [6.07, 6.45) is 3.42. The number of amides is 1. The Hall–Kier alpha value is -2.61. The van der Waals surface area contributed by atoms with Gasteiger partial charge in [-0.2, -0.15) is 0 Å². The highest BCUT2D eigenvalue weighted by atomic mass is 32.1. The SMILES string of the molecule is O=C1CN(c2nc3cnccc3s2)CCN1Cc1ccc(F)c(F)c1. The molecule has 1 aromatic carbocycles. The summed E-state index contributed by atoms with van der Waals surface area (Å²) in [6.45, 7) is 1.64. The number of pyridine rings is 1. The van der Waals surface area contributed by atoms with Gasteiger partial charge < -0.3 is 9.80 Å². The number of piperazine rings is 1. The van der Waals surface area contributed by atoms with E-state index in [2.05, 4.69) is 9.97 Å². The minimum absolute atomic E-state index is 0.0617. The number of nitrogens with zero attached hydrogens (tertiary/aromatic N) is 4. The molecule has 8 heteroatoms. The van der Waals surface area contributed by atoms with Gasteiger partial charge in [0.25, 0.3) is 0 Å². The van der Waals surface area contributed by atoms with E-state index in [1.54, 1.807) is 17.3 Å². The number of thiazole rings is 1. The normalized spacial score (nSPS) is 15.2. The topological polar surface area (TPSA) is 49.3 Å². The summed E-state index contributed by atoms with van der Waals surface area (Å²) in [4.78, 5) is 24.6. The molecule has 1 aliphatic rings. The third kappa shape index (κ3) is 3.17. The predicted molar refractivity (Wildman–Crippen MR) is 91.4 cm³/mol. The van der Waals surface area contributed by atoms with Crippen molar-refractivity contribution in [1.29, 1.82) is 0 Å². The Morgan fingerprint density at radius 1 is 1.16 bits per heavy atom. The Balaban J connectivity index is 1.46. The fourth-order valence-corrected chi connectivity index (χ4v) is 3.76. The summed E-state index contributed by atoms with van der Waals surface area (Å²) in [5.41, 5.74) is 1.39. The molecule has 3 aromatic rings. The van der Waals surface area contributed by atoms with Crippen LogP contribution in [0, 0.1) is 11.6 Å². The van der Waals surface area contributed by atoms with Crippen molar-refractivity contribution in [3.63, 3.8) is 0 Å². The maximum absolute atomic E-state index is 13.3. The van der Waals surface area contributed by atoms with E-state index in [1.165, 1.54) is 17.4 Å². The number of benzene rings is 1. The molecule has 1 amide bonds. The van der Waals surface area contributed by atoms with Crippen LogP contribution < -0.4 is 4.90 Å². The Morgan fingerprint density at radius 2 is 2.04 bits per heavy atom. The average molecular weight is 360 g/mol. The van der Waals surface area contributed by atoms with Crippen molar-refractivity contribution in [2.24, 2.45) is 0 Å². The quantitative estimate of drug-likeness (QED) is 0.721. The second-order valence-corrected chi connectivity index (χ2v) is 6.83. The van der Waals surface area contributed by atoms with Crippen LogP contribution >= 0.6 is 11.3 Å². The first kappa shape index (κ1) is 15.9. The van der Waals surface area contributed by atoms with Crippen molar-refractivity contribution in [3.8, 4) is 0 Å². The molecule has 0 saturated carbocycles. The summed E-state index contributed by atoms with van der Waals surface area (Å²) >= 11 is 1.53. The van der Waals surface area contributed by atoms with Crippen LogP contribution in [-0.4, -0.2) is 40.4 Å². The van der Waals surface area contributed by atoms with E-state index in [-0.39, 0.29) is 19.0 Å². The summed E-state index contributed by atoms with van der Waals surface area (Å²) in [7, 11) is 0. The Kier molecular flexibility index (Phi) is 4.04. The smallest absolute Gasteiger partial charge is 0.242 e. The molecule has 0 N–H and O–H groups in total. The average Bonchev–Trinajstić information content (AvgIpc) is 3.04. The lowest BCUT2D eigenvalue weighted by molar-refractivity contribution is -0.131. The Labute approximate surface area is 146 Å². The van der Waals surface area contributed by atoms with Gasteiger partial charge in [0.2, 0.25) is 5.91 Å². The van der Waals surface area contributed by atoms with Crippen LogP contribution in [0.5, 0.6) is 0 Å². The zero-order valence-corrected chi connectivity index (χ0v) is 14.0. The van der Waals surface area contributed by atoms with E-state index in [0.717, 1.165) is 27.5 Å². The zero-order chi connectivity index (χ0) is 17.4. The van der Waals surface area contributed by atoms with Gasteiger partial charge >= 0.3 is 0 Å². The van der Waals surface area contributed by atoms with E-state index in [0.29, 0.717) is 18.7 Å². The van der Waals surface area contributed by atoms with Gasteiger partial charge in [-0.3, -0.25) is 9.78 Å². The number of rotatable bonds is 3. The van der Waals surface area contributed by atoms with Crippen LogP contribution in [0.25, 0.3) is 10.2 Å². The van der Waals surface area contributed by atoms with Gasteiger partial charge in [0.15, 0.2) is 16.8 Å².